The van der Waals surface area contributed by atoms with Crippen LogP contribution in [0.2, 0.25) is 0 Å². The molecule has 3 aromatic rings. The Balaban J connectivity index is 1.65. The van der Waals surface area contributed by atoms with Gasteiger partial charge in [-0.1, -0.05) is 18.1 Å². The number of nitrogens with zero attached hydrogens (tertiary/aromatic N) is 4. The van der Waals surface area contributed by atoms with E-state index in [1.165, 1.54) is 3.57 Å². The maximum absolute atomic E-state index is 10.2. The normalized spacial score (nSPS) is 21.2. The van der Waals surface area contributed by atoms with Crippen LogP contribution in [0.1, 0.15) is 18.3 Å². The standard InChI is InChI=1S/C20H20IN5O2S/c1-2-4-16-24-19(22-8-12-5-3-6-13(21)7-12)17-20(25-16)26(11-23-17)9-15-18(28)14(27)10-29-15/h3,5-7,11,14-15,18,27-28H,8-10H2,1H3,(H,22,24,25). The molecule has 1 aromatic carbocycles. The van der Waals surface area contributed by atoms with Crippen molar-refractivity contribution in [3.05, 3.63) is 45.6 Å². The molecule has 0 saturated carbocycles. The summed E-state index contributed by atoms with van der Waals surface area (Å²) in [6, 6.07) is 8.25. The lowest BCUT2D eigenvalue weighted by atomic mass is 10.1. The minimum Gasteiger partial charge on any atom is -0.390 e. The third-order valence-corrected chi connectivity index (χ3v) is 6.74. The van der Waals surface area contributed by atoms with E-state index in [2.05, 4.69) is 72.9 Å². The molecule has 1 fully saturated rings. The summed E-state index contributed by atoms with van der Waals surface area (Å²) in [5, 5.41) is 23.2. The van der Waals surface area contributed by atoms with E-state index in [1.54, 1.807) is 25.0 Å². The zero-order valence-corrected chi connectivity index (χ0v) is 18.7. The monoisotopic (exact) mass is 521 g/mol. The topological polar surface area (TPSA) is 96.1 Å². The van der Waals surface area contributed by atoms with E-state index in [9.17, 15) is 10.2 Å². The van der Waals surface area contributed by atoms with Gasteiger partial charge in [0.1, 0.15) is 0 Å². The van der Waals surface area contributed by atoms with Crippen molar-refractivity contribution in [2.75, 3.05) is 11.1 Å². The van der Waals surface area contributed by atoms with Gasteiger partial charge in [-0.25, -0.2) is 15.0 Å². The molecule has 0 bridgehead atoms. The molecule has 1 aliphatic rings. The number of aliphatic hydroxyl groups is 2. The molecule has 150 valence electrons. The third-order valence-electron chi connectivity index (χ3n) is 4.68. The second-order valence-corrected chi connectivity index (χ2v) is 9.27. The van der Waals surface area contributed by atoms with Gasteiger partial charge in [-0.2, -0.15) is 11.8 Å². The van der Waals surface area contributed by atoms with Gasteiger partial charge in [0.05, 0.1) is 23.8 Å². The van der Waals surface area contributed by atoms with E-state index in [1.807, 2.05) is 10.6 Å². The number of hydrogen-bond acceptors (Lipinski definition) is 7. The molecule has 9 heteroatoms. The van der Waals surface area contributed by atoms with Gasteiger partial charge in [0.15, 0.2) is 17.0 Å². The Morgan fingerprint density at radius 1 is 1.34 bits per heavy atom. The van der Waals surface area contributed by atoms with Crippen molar-refractivity contribution in [2.45, 2.75) is 37.5 Å². The molecular weight excluding hydrogens is 501 g/mol. The molecule has 0 radical (unpaired) electrons. The first-order valence-electron chi connectivity index (χ1n) is 9.17. The van der Waals surface area contributed by atoms with Gasteiger partial charge in [0, 0.05) is 22.4 Å². The Hall–Kier alpha value is -1.87. The molecule has 2 aromatic heterocycles. The van der Waals surface area contributed by atoms with Crippen molar-refractivity contribution in [3.8, 4) is 11.8 Å². The van der Waals surface area contributed by atoms with Crippen molar-refractivity contribution in [1.29, 1.82) is 0 Å². The van der Waals surface area contributed by atoms with E-state index in [-0.39, 0.29) is 5.25 Å². The van der Waals surface area contributed by atoms with Crippen molar-refractivity contribution in [2.24, 2.45) is 0 Å². The molecule has 7 nitrogen and oxygen atoms in total. The number of anilines is 1. The van der Waals surface area contributed by atoms with E-state index >= 15 is 0 Å². The van der Waals surface area contributed by atoms with Crippen molar-refractivity contribution >= 4 is 51.3 Å². The van der Waals surface area contributed by atoms with E-state index < -0.39 is 12.2 Å². The summed E-state index contributed by atoms with van der Waals surface area (Å²) < 4.78 is 3.07. The highest BCUT2D eigenvalue weighted by Crippen LogP contribution is 2.30. The second kappa shape index (κ2) is 8.87. The Morgan fingerprint density at radius 2 is 2.21 bits per heavy atom. The van der Waals surface area contributed by atoms with Gasteiger partial charge in [-0.15, -0.1) is 0 Å². The lowest BCUT2D eigenvalue weighted by molar-refractivity contribution is 0.0396. The average Bonchev–Trinajstić information content (AvgIpc) is 3.25. The van der Waals surface area contributed by atoms with Crippen LogP contribution in [0.5, 0.6) is 0 Å². The molecule has 0 amide bonds. The number of imidazole rings is 1. The Kier molecular flexibility index (Phi) is 6.24. The number of halogens is 1. The predicted molar refractivity (Wildman–Crippen MR) is 123 cm³/mol. The van der Waals surface area contributed by atoms with Crippen LogP contribution in [0.25, 0.3) is 11.2 Å². The first-order valence-corrected chi connectivity index (χ1v) is 11.3. The summed E-state index contributed by atoms with van der Waals surface area (Å²) in [4.78, 5) is 13.6. The lowest BCUT2D eigenvalue weighted by Crippen LogP contribution is -2.31. The number of nitrogens with one attached hydrogen (secondary N) is 1. The first kappa shape index (κ1) is 20.4. The second-order valence-electron chi connectivity index (χ2n) is 6.75. The number of hydrogen-bond donors (Lipinski definition) is 3. The van der Waals surface area contributed by atoms with Crippen LogP contribution < -0.4 is 5.32 Å². The quantitative estimate of drug-likeness (QED) is 0.350. The highest BCUT2D eigenvalue weighted by Gasteiger charge is 2.34. The van der Waals surface area contributed by atoms with E-state index in [0.29, 0.717) is 41.6 Å². The molecule has 29 heavy (non-hydrogen) atoms. The molecule has 3 N–H and O–H groups in total. The summed E-state index contributed by atoms with van der Waals surface area (Å²) in [5.74, 6) is 7.35. The number of aromatic nitrogens is 4. The molecule has 4 rings (SSSR count). The predicted octanol–water partition coefficient (Wildman–Crippen LogP) is 2.25. The third kappa shape index (κ3) is 4.50. The van der Waals surface area contributed by atoms with Gasteiger partial charge in [0.2, 0.25) is 5.82 Å². The lowest BCUT2D eigenvalue weighted by Gasteiger charge is -2.16. The van der Waals surface area contributed by atoms with Gasteiger partial charge < -0.3 is 20.1 Å². The summed E-state index contributed by atoms with van der Waals surface area (Å²) in [7, 11) is 0. The average molecular weight is 521 g/mol. The Bertz CT molecular complexity index is 1090. The number of thioether (sulfide) groups is 1. The van der Waals surface area contributed by atoms with Crippen molar-refractivity contribution < 1.29 is 10.2 Å². The minimum atomic E-state index is -0.757. The molecule has 1 aliphatic heterocycles. The fourth-order valence-corrected chi connectivity index (χ4v) is 5.12. The fraction of sp³-hybridized carbons (Fsp3) is 0.350. The summed E-state index contributed by atoms with van der Waals surface area (Å²) in [6.45, 7) is 2.86. The van der Waals surface area contributed by atoms with E-state index in [0.717, 1.165) is 5.56 Å². The molecule has 3 heterocycles. The molecule has 1 saturated heterocycles. The smallest absolute Gasteiger partial charge is 0.208 e. The fourth-order valence-electron chi connectivity index (χ4n) is 3.22. The largest absolute Gasteiger partial charge is 0.390 e. The Morgan fingerprint density at radius 3 is 2.93 bits per heavy atom. The van der Waals surface area contributed by atoms with Gasteiger partial charge in [-0.3, -0.25) is 0 Å². The summed E-state index contributed by atoms with van der Waals surface area (Å²) >= 11 is 3.85. The van der Waals surface area contributed by atoms with Crippen LogP contribution in [0.3, 0.4) is 0 Å². The number of aliphatic hydroxyl groups excluding tert-OH is 2. The zero-order chi connectivity index (χ0) is 20.4. The summed E-state index contributed by atoms with van der Waals surface area (Å²) in [6.07, 6.45) is 0.256. The van der Waals surface area contributed by atoms with Crippen molar-refractivity contribution in [3.63, 3.8) is 0 Å². The van der Waals surface area contributed by atoms with Crippen LogP contribution in [-0.2, 0) is 13.1 Å². The molecule has 3 atom stereocenters. The molecule has 0 spiro atoms. The highest BCUT2D eigenvalue weighted by molar-refractivity contribution is 14.1. The first-order chi connectivity index (χ1) is 14.0. The van der Waals surface area contributed by atoms with Crippen LogP contribution in [-0.4, -0.2) is 52.9 Å². The summed E-state index contributed by atoms with van der Waals surface area (Å²) in [5.41, 5.74) is 2.47. The zero-order valence-electron chi connectivity index (χ0n) is 15.7. The SMILES string of the molecule is CC#Cc1nc(NCc2cccc(I)c2)c2ncn(CC3SCC(O)C3O)c2n1. The van der Waals surface area contributed by atoms with Crippen molar-refractivity contribution in [1.82, 2.24) is 19.5 Å². The van der Waals surface area contributed by atoms with Gasteiger partial charge in [-0.05, 0) is 53.1 Å². The van der Waals surface area contributed by atoms with E-state index in [4.69, 9.17) is 0 Å². The minimum absolute atomic E-state index is 0.110. The number of fused-ring (bicyclic) bond motifs is 1. The maximum Gasteiger partial charge on any atom is 0.208 e. The van der Waals surface area contributed by atoms with Crippen LogP contribution in [0, 0.1) is 15.4 Å². The number of rotatable bonds is 5. The number of benzene rings is 1. The van der Waals surface area contributed by atoms with Gasteiger partial charge >= 0.3 is 0 Å². The Labute approximate surface area is 186 Å². The van der Waals surface area contributed by atoms with Gasteiger partial charge in [0.25, 0.3) is 0 Å². The van der Waals surface area contributed by atoms with Crippen LogP contribution in [0.4, 0.5) is 5.82 Å². The molecule has 3 unspecified atom stereocenters. The molecule has 0 aliphatic carbocycles. The van der Waals surface area contributed by atoms with Crippen LogP contribution >= 0.6 is 34.4 Å². The highest BCUT2D eigenvalue weighted by atomic mass is 127. The maximum atomic E-state index is 10.2. The van der Waals surface area contributed by atoms with Crippen LogP contribution in [0.15, 0.2) is 30.6 Å². The molecular formula is C20H20IN5O2S.